The molecule has 4 fully saturated rings. The molecular formula is C27H29FN4O4. The van der Waals surface area contributed by atoms with Gasteiger partial charge in [-0.05, 0) is 48.4 Å². The van der Waals surface area contributed by atoms with Gasteiger partial charge < -0.3 is 15.2 Å². The minimum absolute atomic E-state index is 0.251. The summed E-state index contributed by atoms with van der Waals surface area (Å²) in [5, 5.41) is 14.6. The number of hydrogen-bond donors (Lipinski definition) is 2. The van der Waals surface area contributed by atoms with Gasteiger partial charge in [-0.1, -0.05) is 19.1 Å². The molecule has 2 N–H and O–H groups in total. The van der Waals surface area contributed by atoms with E-state index < -0.39 is 11.5 Å². The van der Waals surface area contributed by atoms with Crippen molar-refractivity contribution in [3.8, 4) is 16.9 Å². The second-order valence-corrected chi connectivity index (χ2v) is 10.3. The molecular weight excluding hydrogens is 463 g/mol. The largest absolute Gasteiger partial charge is 0.506 e. The molecule has 188 valence electrons. The van der Waals surface area contributed by atoms with Gasteiger partial charge in [0.25, 0.3) is 11.5 Å². The van der Waals surface area contributed by atoms with Crippen LogP contribution < -0.4 is 10.9 Å². The fourth-order valence-electron chi connectivity index (χ4n) is 5.83. The lowest BCUT2D eigenvalue weighted by molar-refractivity contribution is -0.118. The lowest BCUT2D eigenvalue weighted by Crippen LogP contribution is -2.74. The molecule has 1 saturated heterocycles. The highest BCUT2D eigenvalue weighted by Gasteiger charge is 2.63. The Kier molecular flexibility index (Phi) is 5.57. The van der Waals surface area contributed by atoms with Gasteiger partial charge in [0.05, 0.1) is 18.6 Å². The highest BCUT2D eigenvalue weighted by molar-refractivity contribution is 6.02. The third-order valence-electron chi connectivity index (χ3n) is 8.42. The summed E-state index contributed by atoms with van der Waals surface area (Å²) >= 11 is 0. The van der Waals surface area contributed by atoms with Crippen molar-refractivity contribution < 1.29 is 19.0 Å². The molecule has 3 aromatic rings. The fourth-order valence-corrected chi connectivity index (χ4v) is 5.83. The molecule has 4 aliphatic rings. The number of aromatic hydroxyl groups is 1. The number of pyridine rings is 2. The zero-order valence-corrected chi connectivity index (χ0v) is 20.2. The molecule has 7 rings (SSSR count). The Morgan fingerprint density at radius 1 is 1.19 bits per heavy atom. The first-order chi connectivity index (χ1) is 17.4. The van der Waals surface area contributed by atoms with Crippen molar-refractivity contribution in [2.24, 2.45) is 11.8 Å². The molecule has 3 aliphatic carbocycles. The quantitative estimate of drug-likeness (QED) is 0.549. The van der Waals surface area contributed by atoms with E-state index in [1.807, 2.05) is 0 Å². The van der Waals surface area contributed by atoms with E-state index in [4.69, 9.17) is 4.74 Å². The van der Waals surface area contributed by atoms with Crippen LogP contribution in [-0.4, -0.2) is 63.9 Å². The number of fused-ring (bicyclic) bond motifs is 1. The van der Waals surface area contributed by atoms with E-state index in [0.29, 0.717) is 60.3 Å². The Hall–Kier alpha value is -3.30. The molecule has 8 nitrogen and oxygen atoms in total. The van der Waals surface area contributed by atoms with E-state index in [0.717, 1.165) is 25.9 Å². The van der Waals surface area contributed by atoms with Gasteiger partial charge in [-0.2, -0.15) is 0 Å². The summed E-state index contributed by atoms with van der Waals surface area (Å²) in [6, 6.07) is 7.66. The van der Waals surface area contributed by atoms with Crippen LogP contribution in [0.1, 0.15) is 30.1 Å². The molecule has 2 aromatic heterocycles. The van der Waals surface area contributed by atoms with Crippen molar-refractivity contribution >= 4 is 16.9 Å². The van der Waals surface area contributed by atoms with Gasteiger partial charge in [-0.25, -0.2) is 9.37 Å². The van der Waals surface area contributed by atoms with Gasteiger partial charge in [-0.3, -0.25) is 19.1 Å². The van der Waals surface area contributed by atoms with E-state index in [9.17, 15) is 19.1 Å². The maximum absolute atomic E-state index is 13.6. The number of morpholine rings is 1. The maximum Gasteiger partial charge on any atom is 0.268 e. The number of benzene rings is 1. The maximum atomic E-state index is 13.6. The molecule has 0 spiro atoms. The molecule has 1 aromatic carbocycles. The highest BCUT2D eigenvalue weighted by atomic mass is 19.1. The standard InChI is InChI=1S/C27H29FN4O4/c1-16-19-13-27(16,14-19)30-25(34)22-23(33)21-12-18(17-2-4-20(28)5-3-17)15-29-24(21)32(26(22)35)7-6-31-8-10-36-11-9-31/h2-5,12,15-16,19,33H,6-11,13-14H2,1H3,(H,30,34)/t16-,19?,27?/m0/s1. The first kappa shape index (κ1) is 23.1. The van der Waals surface area contributed by atoms with E-state index in [2.05, 4.69) is 22.1 Å². The number of ether oxygens (including phenoxy) is 1. The summed E-state index contributed by atoms with van der Waals surface area (Å²) in [6.07, 6.45) is 3.43. The van der Waals surface area contributed by atoms with Crippen LogP contribution in [0.2, 0.25) is 0 Å². The molecule has 9 heteroatoms. The number of rotatable bonds is 6. The minimum atomic E-state index is -0.549. The molecule has 1 amide bonds. The Morgan fingerprint density at radius 2 is 1.92 bits per heavy atom. The van der Waals surface area contributed by atoms with Crippen LogP contribution in [0, 0.1) is 17.7 Å². The van der Waals surface area contributed by atoms with Crippen molar-refractivity contribution in [2.75, 3.05) is 32.8 Å². The molecule has 1 aliphatic heterocycles. The average molecular weight is 493 g/mol. The average Bonchev–Trinajstić information content (AvgIpc) is 2.87. The molecule has 36 heavy (non-hydrogen) atoms. The summed E-state index contributed by atoms with van der Waals surface area (Å²) < 4.78 is 20.4. The molecule has 3 heterocycles. The third kappa shape index (κ3) is 3.69. The number of aromatic nitrogens is 2. The van der Waals surface area contributed by atoms with Crippen LogP contribution >= 0.6 is 0 Å². The van der Waals surface area contributed by atoms with Gasteiger partial charge >= 0.3 is 0 Å². The summed E-state index contributed by atoms with van der Waals surface area (Å²) in [5.74, 6) is -0.265. The van der Waals surface area contributed by atoms with Crippen LogP contribution in [0.25, 0.3) is 22.2 Å². The van der Waals surface area contributed by atoms with Gasteiger partial charge in [0, 0.05) is 43.5 Å². The van der Waals surface area contributed by atoms with E-state index in [-0.39, 0.29) is 22.7 Å². The SMILES string of the molecule is C[C@H]1C2CC1(NC(=O)c1c(O)c3cc(-c4ccc(F)cc4)cnc3n(CCN3CCOCC3)c1=O)C2. The van der Waals surface area contributed by atoms with Gasteiger partial charge in [0.15, 0.2) is 0 Å². The number of amides is 1. The summed E-state index contributed by atoms with van der Waals surface area (Å²) in [5.41, 5.74) is 0.599. The van der Waals surface area contributed by atoms with E-state index in [1.165, 1.54) is 16.7 Å². The minimum Gasteiger partial charge on any atom is -0.506 e. The fraction of sp³-hybridized carbons (Fsp3) is 0.444. The predicted molar refractivity (Wildman–Crippen MR) is 132 cm³/mol. The second kappa shape index (κ2) is 8.67. The number of hydrogen-bond acceptors (Lipinski definition) is 6. The van der Waals surface area contributed by atoms with Gasteiger partial charge in [-0.15, -0.1) is 0 Å². The Morgan fingerprint density at radius 3 is 2.56 bits per heavy atom. The van der Waals surface area contributed by atoms with Crippen LogP contribution in [0.15, 0.2) is 41.3 Å². The number of halogens is 1. The van der Waals surface area contributed by atoms with Crippen molar-refractivity contribution in [1.82, 2.24) is 19.8 Å². The summed E-state index contributed by atoms with van der Waals surface area (Å²) in [6.45, 7) is 5.83. The monoisotopic (exact) mass is 492 g/mol. The van der Waals surface area contributed by atoms with E-state index in [1.54, 1.807) is 24.4 Å². The molecule has 0 unspecified atom stereocenters. The van der Waals surface area contributed by atoms with Gasteiger partial charge in [0.1, 0.15) is 22.8 Å². The van der Waals surface area contributed by atoms with E-state index >= 15 is 0 Å². The zero-order valence-electron chi connectivity index (χ0n) is 20.2. The molecule has 0 radical (unpaired) electrons. The van der Waals surface area contributed by atoms with Crippen LogP contribution in [0.5, 0.6) is 5.75 Å². The van der Waals surface area contributed by atoms with Crippen molar-refractivity contribution in [1.29, 1.82) is 0 Å². The number of nitrogens with zero attached hydrogens (tertiary/aromatic N) is 3. The lowest BCUT2D eigenvalue weighted by Gasteiger charge is -2.67. The number of nitrogens with one attached hydrogen (secondary N) is 1. The normalized spacial score (nSPS) is 25.3. The van der Waals surface area contributed by atoms with Crippen molar-refractivity contribution in [2.45, 2.75) is 31.8 Å². The lowest BCUT2D eigenvalue weighted by atomic mass is 9.43. The molecule has 2 bridgehead atoms. The highest BCUT2D eigenvalue weighted by Crippen LogP contribution is 2.61. The van der Waals surface area contributed by atoms with Crippen molar-refractivity contribution in [3.05, 3.63) is 58.3 Å². The van der Waals surface area contributed by atoms with Crippen LogP contribution in [-0.2, 0) is 11.3 Å². The summed E-state index contributed by atoms with van der Waals surface area (Å²) in [7, 11) is 0. The Bertz CT molecular complexity index is 1390. The Labute approximate surface area is 207 Å². The summed E-state index contributed by atoms with van der Waals surface area (Å²) in [4.78, 5) is 33.7. The van der Waals surface area contributed by atoms with Crippen LogP contribution in [0.3, 0.4) is 0 Å². The molecule has 3 saturated carbocycles. The van der Waals surface area contributed by atoms with Crippen LogP contribution in [0.4, 0.5) is 4.39 Å². The predicted octanol–water partition coefficient (Wildman–Crippen LogP) is 2.77. The first-order valence-corrected chi connectivity index (χ1v) is 12.5. The molecule has 1 atom stereocenters. The number of carbonyl (C=O) groups excluding carboxylic acids is 1. The topological polar surface area (TPSA) is 96.7 Å². The van der Waals surface area contributed by atoms with Gasteiger partial charge in [0.2, 0.25) is 0 Å². The zero-order chi connectivity index (χ0) is 25.0. The number of carbonyl (C=O) groups is 1. The Balaban J connectivity index is 1.42. The first-order valence-electron chi connectivity index (χ1n) is 12.5. The third-order valence-corrected chi connectivity index (χ3v) is 8.42. The van der Waals surface area contributed by atoms with Crippen molar-refractivity contribution in [3.63, 3.8) is 0 Å². The smallest absolute Gasteiger partial charge is 0.268 e. The second-order valence-electron chi connectivity index (χ2n) is 10.3.